The summed E-state index contributed by atoms with van der Waals surface area (Å²) in [5.74, 6) is 1.08. The zero-order valence-corrected chi connectivity index (χ0v) is 14.6. The van der Waals surface area contributed by atoms with Crippen LogP contribution in [0.4, 0.5) is 5.82 Å². The molecule has 1 fully saturated rings. The normalized spacial score (nSPS) is 14.7. The van der Waals surface area contributed by atoms with Crippen LogP contribution in [0.2, 0.25) is 0 Å². The number of nitrogens with one attached hydrogen (secondary N) is 1. The number of anilines is 1. The van der Waals surface area contributed by atoms with Crippen LogP contribution in [0.25, 0.3) is 0 Å². The molecule has 0 radical (unpaired) electrons. The maximum absolute atomic E-state index is 11.6. The van der Waals surface area contributed by atoms with Gasteiger partial charge < -0.3 is 16.0 Å². The second-order valence-corrected chi connectivity index (χ2v) is 5.51. The molecule has 3 N–H and O–H groups in total. The Morgan fingerprint density at radius 2 is 2.05 bits per heavy atom. The highest BCUT2D eigenvalue weighted by molar-refractivity contribution is 5.85. The van der Waals surface area contributed by atoms with Crippen molar-refractivity contribution >= 4 is 36.5 Å². The predicted octanol–water partition coefficient (Wildman–Crippen LogP) is 2.27. The standard InChI is InChI=1S/C15H24N4O.2ClH/c1-12(16)4-7-15(20)18-11-13-5-6-14(17-10-13)19-8-2-3-9-19;;/h5-6,10,12H,2-4,7-9,11,16H2,1H3,(H,18,20);2*1H. The lowest BCUT2D eigenvalue weighted by Gasteiger charge is -2.16. The third kappa shape index (κ3) is 6.81. The van der Waals surface area contributed by atoms with E-state index in [0.29, 0.717) is 13.0 Å². The minimum atomic E-state index is 0. The van der Waals surface area contributed by atoms with E-state index in [9.17, 15) is 4.79 Å². The summed E-state index contributed by atoms with van der Waals surface area (Å²) in [6, 6.07) is 4.14. The molecule has 1 saturated heterocycles. The molecular weight excluding hydrogens is 323 g/mol. The lowest BCUT2D eigenvalue weighted by atomic mass is 10.2. The maximum Gasteiger partial charge on any atom is 0.220 e. The number of nitrogens with zero attached hydrogens (tertiary/aromatic N) is 2. The van der Waals surface area contributed by atoms with Crippen LogP contribution in [-0.2, 0) is 11.3 Å². The third-order valence-electron chi connectivity index (χ3n) is 3.56. The van der Waals surface area contributed by atoms with Crippen LogP contribution < -0.4 is 16.0 Å². The fourth-order valence-corrected chi connectivity index (χ4v) is 2.30. The predicted molar refractivity (Wildman–Crippen MR) is 94.9 cm³/mol. The lowest BCUT2D eigenvalue weighted by Crippen LogP contribution is -2.25. The average Bonchev–Trinajstić information content (AvgIpc) is 2.97. The van der Waals surface area contributed by atoms with Crippen LogP contribution in [0.1, 0.15) is 38.2 Å². The van der Waals surface area contributed by atoms with Crippen molar-refractivity contribution in [1.29, 1.82) is 0 Å². The summed E-state index contributed by atoms with van der Waals surface area (Å²) in [5, 5.41) is 2.90. The molecule has 0 spiro atoms. The quantitative estimate of drug-likeness (QED) is 0.827. The summed E-state index contributed by atoms with van der Waals surface area (Å²) in [5.41, 5.74) is 6.66. The van der Waals surface area contributed by atoms with E-state index in [2.05, 4.69) is 15.2 Å². The van der Waals surface area contributed by atoms with Gasteiger partial charge in [-0.1, -0.05) is 6.07 Å². The Labute approximate surface area is 144 Å². The van der Waals surface area contributed by atoms with Crippen molar-refractivity contribution in [2.75, 3.05) is 18.0 Å². The fourth-order valence-electron chi connectivity index (χ4n) is 2.30. The van der Waals surface area contributed by atoms with Gasteiger partial charge in [-0.05, 0) is 37.8 Å². The number of carbonyl (C=O) groups is 1. The number of carbonyl (C=O) groups excluding carboxylic acids is 1. The van der Waals surface area contributed by atoms with Gasteiger partial charge in [0.15, 0.2) is 0 Å². The Morgan fingerprint density at radius 1 is 1.36 bits per heavy atom. The summed E-state index contributed by atoms with van der Waals surface area (Å²) in [7, 11) is 0. The SMILES string of the molecule is CC(N)CCC(=O)NCc1ccc(N2CCCC2)nc1.Cl.Cl. The molecule has 1 atom stereocenters. The summed E-state index contributed by atoms with van der Waals surface area (Å²) < 4.78 is 0. The van der Waals surface area contributed by atoms with Crippen LogP contribution in [0.3, 0.4) is 0 Å². The number of nitrogens with two attached hydrogens (primary N) is 1. The zero-order chi connectivity index (χ0) is 14.4. The van der Waals surface area contributed by atoms with Crippen LogP contribution in [0.5, 0.6) is 0 Å². The van der Waals surface area contributed by atoms with E-state index in [4.69, 9.17) is 5.73 Å². The summed E-state index contributed by atoms with van der Waals surface area (Å²) >= 11 is 0. The van der Waals surface area contributed by atoms with Crippen molar-refractivity contribution in [3.05, 3.63) is 23.9 Å². The van der Waals surface area contributed by atoms with Crippen molar-refractivity contribution in [3.8, 4) is 0 Å². The summed E-state index contributed by atoms with van der Waals surface area (Å²) in [6.45, 7) is 4.64. The van der Waals surface area contributed by atoms with Crippen molar-refractivity contribution in [1.82, 2.24) is 10.3 Å². The minimum absolute atomic E-state index is 0. The van der Waals surface area contributed by atoms with Crippen molar-refractivity contribution in [3.63, 3.8) is 0 Å². The molecule has 0 aliphatic carbocycles. The van der Waals surface area contributed by atoms with Crippen LogP contribution >= 0.6 is 24.8 Å². The molecule has 126 valence electrons. The molecule has 5 nitrogen and oxygen atoms in total. The number of rotatable bonds is 6. The van der Waals surface area contributed by atoms with Crippen LogP contribution in [0.15, 0.2) is 18.3 Å². The van der Waals surface area contributed by atoms with Gasteiger partial charge in [0.1, 0.15) is 5.82 Å². The fraction of sp³-hybridized carbons (Fsp3) is 0.600. The Hall–Kier alpha value is -1.04. The molecule has 1 amide bonds. The highest BCUT2D eigenvalue weighted by Crippen LogP contribution is 2.17. The monoisotopic (exact) mass is 348 g/mol. The molecule has 2 rings (SSSR count). The number of hydrogen-bond acceptors (Lipinski definition) is 4. The van der Waals surface area contributed by atoms with Gasteiger partial charge in [-0.25, -0.2) is 4.98 Å². The van der Waals surface area contributed by atoms with Crippen molar-refractivity contribution in [2.45, 2.75) is 45.2 Å². The van der Waals surface area contributed by atoms with E-state index >= 15 is 0 Å². The summed E-state index contributed by atoms with van der Waals surface area (Å²) in [6.07, 6.45) is 5.55. The molecule has 0 saturated carbocycles. The van der Waals surface area contributed by atoms with E-state index in [0.717, 1.165) is 30.9 Å². The molecule has 0 aromatic carbocycles. The van der Waals surface area contributed by atoms with Gasteiger partial charge in [0.25, 0.3) is 0 Å². The average molecular weight is 349 g/mol. The first kappa shape index (κ1) is 21.0. The molecule has 1 aromatic heterocycles. The number of aromatic nitrogens is 1. The van der Waals surface area contributed by atoms with Gasteiger partial charge in [0, 0.05) is 38.3 Å². The van der Waals surface area contributed by atoms with Crippen molar-refractivity contribution in [2.24, 2.45) is 5.73 Å². The topological polar surface area (TPSA) is 71.2 Å². The van der Waals surface area contributed by atoms with Crippen LogP contribution in [0, 0.1) is 0 Å². The van der Waals surface area contributed by atoms with Gasteiger partial charge in [-0.15, -0.1) is 24.8 Å². The second-order valence-electron chi connectivity index (χ2n) is 5.51. The van der Waals surface area contributed by atoms with Crippen molar-refractivity contribution < 1.29 is 4.79 Å². The van der Waals surface area contributed by atoms with E-state index in [-0.39, 0.29) is 36.8 Å². The number of pyridine rings is 1. The molecule has 22 heavy (non-hydrogen) atoms. The van der Waals surface area contributed by atoms with E-state index < -0.39 is 0 Å². The minimum Gasteiger partial charge on any atom is -0.357 e. The Balaban J connectivity index is 0.00000220. The van der Waals surface area contributed by atoms with Gasteiger partial charge in [0.05, 0.1) is 0 Å². The largest absolute Gasteiger partial charge is 0.357 e. The lowest BCUT2D eigenvalue weighted by molar-refractivity contribution is -0.121. The Morgan fingerprint density at radius 3 is 2.59 bits per heavy atom. The zero-order valence-electron chi connectivity index (χ0n) is 13.0. The first-order valence-electron chi connectivity index (χ1n) is 7.37. The molecule has 0 bridgehead atoms. The smallest absolute Gasteiger partial charge is 0.220 e. The molecule has 1 aromatic rings. The Bertz CT molecular complexity index is 434. The summed E-state index contributed by atoms with van der Waals surface area (Å²) in [4.78, 5) is 18.4. The Kier molecular flexibility index (Phi) is 10.1. The molecule has 7 heteroatoms. The van der Waals surface area contributed by atoms with Crippen LogP contribution in [-0.4, -0.2) is 30.0 Å². The second kappa shape index (κ2) is 10.6. The molecule has 2 heterocycles. The van der Waals surface area contributed by atoms with Gasteiger partial charge >= 0.3 is 0 Å². The highest BCUT2D eigenvalue weighted by Gasteiger charge is 2.13. The third-order valence-corrected chi connectivity index (χ3v) is 3.56. The first-order chi connectivity index (χ1) is 9.65. The van der Waals surface area contributed by atoms with E-state index in [1.54, 1.807) is 0 Å². The number of halogens is 2. The number of hydrogen-bond donors (Lipinski definition) is 2. The number of amides is 1. The highest BCUT2D eigenvalue weighted by atomic mass is 35.5. The van der Waals surface area contributed by atoms with Gasteiger partial charge in [-0.3, -0.25) is 4.79 Å². The molecule has 1 aliphatic heterocycles. The maximum atomic E-state index is 11.6. The van der Waals surface area contributed by atoms with Gasteiger partial charge in [0.2, 0.25) is 5.91 Å². The van der Waals surface area contributed by atoms with E-state index in [1.807, 2.05) is 25.3 Å². The molecule has 1 aliphatic rings. The van der Waals surface area contributed by atoms with E-state index in [1.165, 1.54) is 12.8 Å². The molecular formula is C15H26Cl2N4O. The first-order valence-corrected chi connectivity index (χ1v) is 7.37. The van der Waals surface area contributed by atoms with Gasteiger partial charge in [-0.2, -0.15) is 0 Å². The molecule has 1 unspecified atom stereocenters.